The highest BCUT2D eigenvalue weighted by atomic mass is 16.5. The third-order valence-electron chi connectivity index (χ3n) is 5.20. The van der Waals surface area contributed by atoms with Crippen molar-refractivity contribution in [2.75, 3.05) is 19.6 Å². The molecule has 3 aliphatic rings. The maximum absolute atomic E-state index is 5.46. The fraction of sp³-hybridized carbons (Fsp3) is 0.667. The van der Waals surface area contributed by atoms with Gasteiger partial charge in [0.2, 0.25) is 5.82 Å². The summed E-state index contributed by atoms with van der Waals surface area (Å²) in [6.07, 6.45) is 4.10. The summed E-state index contributed by atoms with van der Waals surface area (Å²) in [4.78, 5) is 4.60. The number of quaternary nitrogens is 1. The van der Waals surface area contributed by atoms with Crippen LogP contribution in [0, 0.1) is 12.8 Å². The van der Waals surface area contributed by atoms with E-state index in [1.54, 1.807) is 4.68 Å². The molecular weight excluding hydrogens is 266 g/mol. The highest BCUT2D eigenvalue weighted by molar-refractivity contribution is 5.47. The van der Waals surface area contributed by atoms with E-state index in [2.05, 4.69) is 15.2 Å². The fourth-order valence-corrected chi connectivity index (χ4v) is 3.91. The van der Waals surface area contributed by atoms with Gasteiger partial charge in [-0.3, -0.25) is 4.68 Å². The average Bonchev–Trinajstić information content (AvgIpc) is 3.06. The molecular formula is C15H22N5O+. The molecule has 0 N–H and O–H groups in total. The monoisotopic (exact) mass is 288 g/mol. The van der Waals surface area contributed by atoms with Crippen LogP contribution in [0.3, 0.4) is 0 Å². The molecule has 0 aliphatic carbocycles. The number of hydrogen-bond donors (Lipinski definition) is 0. The van der Waals surface area contributed by atoms with E-state index in [0.29, 0.717) is 5.89 Å². The van der Waals surface area contributed by atoms with Crippen LogP contribution in [0.4, 0.5) is 0 Å². The lowest BCUT2D eigenvalue weighted by Crippen LogP contribution is -2.57. The van der Waals surface area contributed by atoms with Gasteiger partial charge in [0.15, 0.2) is 0 Å². The van der Waals surface area contributed by atoms with Crippen LogP contribution < -0.4 is 0 Å². The Balaban J connectivity index is 1.56. The average molecular weight is 288 g/mol. The van der Waals surface area contributed by atoms with E-state index >= 15 is 0 Å². The van der Waals surface area contributed by atoms with Crippen molar-refractivity contribution in [1.82, 2.24) is 19.9 Å². The summed E-state index contributed by atoms with van der Waals surface area (Å²) in [6.45, 7) is 6.71. The second-order valence-electron chi connectivity index (χ2n) is 6.71. The van der Waals surface area contributed by atoms with E-state index in [4.69, 9.17) is 4.52 Å². The highest BCUT2D eigenvalue weighted by Crippen LogP contribution is 2.34. The van der Waals surface area contributed by atoms with Gasteiger partial charge in [0.25, 0.3) is 5.89 Å². The smallest absolute Gasteiger partial charge is 0.276 e. The predicted octanol–water partition coefficient (Wildman–Crippen LogP) is 1.91. The standard InChI is InChI=1S/C15H22N5O/c1-11-9-13(19(2)17-11)15-16-14(18-21-15)10-20-6-3-12(4-7-20)5-8-20/h9,12H,3-8,10H2,1-2H3/q+1. The molecule has 3 saturated heterocycles. The summed E-state index contributed by atoms with van der Waals surface area (Å²) >= 11 is 0. The van der Waals surface area contributed by atoms with Crippen molar-refractivity contribution in [3.8, 4) is 11.6 Å². The normalized spacial score (nSPS) is 28.2. The van der Waals surface area contributed by atoms with Gasteiger partial charge in [-0.15, -0.1) is 0 Å². The van der Waals surface area contributed by atoms with E-state index < -0.39 is 0 Å². The zero-order valence-electron chi connectivity index (χ0n) is 12.7. The number of piperidine rings is 3. The first-order valence-corrected chi connectivity index (χ1v) is 7.82. The summed E-state index contributed by atoms with van der Waals surface area (Å²) < 4.78 is 8.41. The van der Waals surface area contributed by atoms with Crippen molar-refractivity contribution < 1.29 is 9.01 Å². The maximum atomic E-state index is 5.46. The summed E-state index contributed by atoms with van der Waals surface area (Å²) in [5, 5.41) is 8.54. The van der Waals surface area contributed by atoms with Gasteiger partial charge in [-0.2, -0.15) is 10.1 Å². The van der Waals surface area contributed by atoms with Crippen LogP contribution in [0.25, 0.3) is 11.6 Å². The third-order valence-corrected chi connectivity index (χ3v) is 5.20. The molecule has 0 amide bonds. The van der Waals surface area contributed by atoms with Crippen molar-refractivity contribution in [2.24, 2.45) is 13.0 Å². The van der Waals surface area contributed by atoms with Gasteiger partial charge in [-0.25, -0.2) is 0 Å². The Bertz CT molecular complexity index is 637. The molecule has 3 aliphatic heterocycles. The van der Waals surface area contributed by atoms with Crippen molar-refractivity contribution >= 4 is 0 Å². The minimum Gasteiger partial charge on any atom is -0.332 e. The molecule has 2 aromatic rings. The van der Waals surface area contributed by atoms with Crippen LogP contribution in [0.2, 0.25) is 0 Å². The third kappa shape index (κ3) is 2.27. The number of hydrogen-bond acceptors (Lipinski definition) is 4. The molecule has 112 valence electrons. The van der Waals surface area contributed by atoms with Crippen LogP contribution in [-0.4, -0.2) is 44.0 Å². The van der Waals surface area contributed by atoms with E-state index in [9.17, 15) is 0 Å². The van der Waals surface area contributed by atoms with Gasteiger partial charge in [-0.1, -0.05) is 5.16 Å². The quantitative estimate of drug-likeness (QED) is 0.810. The zero-order chi connectivity index (χ0) is 14.4. The molecule has 2 aromatic heterocycles. The number of rotatable bonds is 3. The molecule has 5 rings (SSSR count). The van der Waals surface area contributed by atoms with Crippen molar-refractivity contribution in [3.63, 3.8) is 0 Å². The Kier molecular flexibility index (Phi) is 2.89. The van der Waals surface area contributed by atoms with E-state index in [1.165, 1.54) is 38.9 Å². The van der Waals surface area contributed by atoms with E-state index in [0.717, 1.165) is 34.2 Å². The molecule has 0 aromatic carbocycles. The first kappa shape index (κ1) is 13.0. The van der Waals surface area contributed by atoms with Crippen LogP contribution in [0.5, 0.6) is 0 Å². The van der Waals surface area contributed by atoms with Crippen LogP contribution >= 0.6 is 0 Å². The Hall–Kier alpha value is -1.69. The second kappa shape index (κ2) is 4.66. The van der Waals surface area contributed by atoms with Crippen molar-refractivity contribution in [2.45, 2.75) is 32.7 Å². The second-order valence-corrected chi connectivity index (χ2v) is 6.71. The largest absolute Gasteiger partial charge is 0.332 e. The van der Waals surface area contributed by atoms with Gasteiger partial charge in [0.05, 0.1) is 25.3 Å². The lowest BCUT2D eigenvalue weighted by Gasteiger charge is -2.48. The van der Waals surface area contributed by atoms with Gasteiger partial charge in [-0.05, 0) is 38.2 Å². The zero-order valence-corrected chi connectivity index (χ0v) is 12.7. The molecule has 0 unspecified atom stereocenters. The van der Waals surface area contributed by atoms with Gasteiger partial charge < -0.3 is 9.01 Å². The Morgan fingerprint density at radius 2 is 2.00 bits per heavy atom. The Morgan fingerprint density at radius 1 is 1.29 bits per heavy atom. The molecule has 0 atom stereocenters. The van der Waals surface area contributed by atoms with Gasteiger partial charge in [0, 0.05) is 7.05 Å². The molecule has 5 heterocycles. The first-order chi connectivity index (χ1) is 10.1. The molecule has 3 fully saturated rings. The van der Waals surface area contributed by atoms with Crippen molar-refractivity contribution in [1.29, 1.82) is 0 Å². The van der Waals surface area contributed by atoms with Crippen LogP contribution in [0.15, 0.2) is 10.6 Å². The highest BCUT2D eigenvalue weighted by Gasteiger charge is 2.40. The number of aryl methyl sites for hydroxylation is 2. The van der Waals surface area contributed by atoms with E-state index in [1.807, 2.05) is 20.0 Å². The van der Waals surface area contributed by atoms with Crippen LogP contribution in [0.1, 0.15) is 30.8 Å². The number of aromatic nitrogens is 4. The fourth-order valence-electron chi connectivity index (χ4n) is 3.91. The molecule has 6 heteroatoms. The first-order valence-electron chi connectivity index (χ1n) is 7.82. The lowest BCUT2D eigenvalue weighted by atomic mass is 9.86. The SMILES string of the molecule is Cc1cc(-c2nc(C[N+]34CCC(CC3)CC4)no2)n(C)n1. The summed E-state index contributed by atoms with van der Waals surface area (Å²) in [6, 6.07) is 1.98. The molecule has 2 bridgehead atoms. The minimum absolute atomic E-state index is 0.582. The summed E-state index contributed by atoms with van der Waals surface area (Å²) in [7, 11) is 1.91. The molecule has 6 nitrogen and oxygen atoms in total. The minimum atomic E-state index is 0.582. The number of nitrogens with zero attached hydrogens (tertiary/aromatic N) is 5. The molecule has 0 spiro atoms. The van der Waals surface area contributed by atoms with Crippen molar-refractivity contribution in [3.05, 3.63) is 17.6 Å². The predicted molar refractivity (Wildman–Crippen MR) is 77.1 cm³/mol. The topological polar surface area (TPSA) is 56.7 Å². The Labute approximate surface area is 124 Å². The molecule has 21 heavy (non-hydrogen) atoms. The maximum Gasteiger partial charge on any atom is 0.276 e. The molecule has 0 radical (unpaired) electrons. The lowest BCUT2D eigenvalue weighted by molar-refractivity contribution is -0.955. The van der Waals surface area contributed by atoms with Gasteiger partial charge >= 0.3 is 0 Å². The summed E-state index contributed by atoms with van der Waals surface area (Å²) in [5.41, 5.74) is 1.86. The van der Waals surface area contributed by atoms with E-state index in [-0.39, 0.29) is 0 Å². The van der Waals surface area contributed by atoms with Gasteiger partial charge in [0.1, 0.15) is 12.2 Å². The van der Waals surface area contributed by atoms with Crippen LogP contribution in [-0.2, 0) is 13.6 Å². The molecule has 0 saturated carbocycles. The summed E-state index contributed by atoms with van der Waals surface area (Å²) in [5.74, 6) is 2.39. The number of fused-ring (bicyclic) bond motifs is 3. The Morgan fingerprint density at radius 3 is 2.62 bits per heavy atom.